The third-order valence-corrected chi connectivity index (χ3v) is 19.2. The molecule has 0 spiro atoms. The summed E-state index contributed by atoms with van der Waals surface area (Å²) in [6.45, 7) is 2.86. The van der Waals surface area contributed by atoms with Gasteiger partial charge in [0.05, 0.1) is 0 Å². The van der Waals surface area contributed by atoms with Gasteiger partial charge in [0.1, 0.15) is 0 Å². The average Bonchev–Trinajstić information content (AvgIpc) is 3.08. The Balaban J connectivity index is 1.71. The van der Waals surface area contributed by atoms with Crippen molar-refractivity contribution >= 4 is 41.2 Å². The Morgan fingerprint density at radius 1 is 0.395 bits per heavy atom. The van der Waals surface area contributed by atoms with Crippen LogP contribution in [0.3, 0.4) is 0 Å². The molecule has 0 radical (unpaired) electrons. The predicted octanol–water partition coefficient (Wildman–Crippen LogP) is 4.39. The molecule has 0 saturated carbocycles. The molecule has 0 aliphatic rings. The largest absolute Gasteiger partial charge is 0.394 e. The van der Waals surface area contributed by atoms with Gasteiger partial charge in [0, 0.05) is 42.7 Å². The van der Waals surface area contributed by atoms with Gasteiger partial charge in [0.2, 0.25) is 0 Å². The maximum absolute atomic E-state index is 6.11. The lowest BCUT2D eigenvalue weighted by atomic mass is 10.3. The van der Waals surface area contributed by atoms with Crippen LogP contribution in [0.4, 0.5) is 0 Å². The van der Waals surface area contributed by atoms with Gasteiger partial charge in [-0.25, -0.2) is 0 Å². The lowest BCUT2D eigenvalue weighted by Crippen LogP contribution is -2.53. The first-order chi connectivity index (χ1) is 21.0. The van der Waals surface area contributed by atoms with E-state index in [0.717, 1.165) is 57.0 Å². The molecule has 3 aromatic carbocycles. The van der Waals surface area contributed by atoms with Crippen molar-refractivity contribution in [2.24, 2.45) is 0 Å². The highest BCUT2D eigenvalue weighted by molar-refractivity contribution is 6.82. The molecule has 10 heteroatoms. The molecule has 7 nitrogen and oxygen atoms in total. The zero-order chi connectivity index (χ0) is 31.0. The predicted molar refractivity (Wildman–Crippen MR) is 182 cm³/mol. The normalized spacial score (nSPS) is 12.6. The molecule has 0 aliphatic carbocycles. The first-order valence-electron chi connectivity index (χ1n) is 15.2. The molecular weight excluding hydrogens is 591 g/mol. The van der Waals surface area contributed by atoms with E-state index in [9.17, 15) is 0 Å². The van der Waals surface area contributed by atoms with Crippen LogP contribution in [0.2, 0.25) is 18.1 Å². The van der Waals surface area contributed by atoms with Crippen LogP contribution in [-0.2, 0) is 26.6 Å². The minimum absolute atomic E-state index is 0.887. The van der Waals surface area contributed by atoms with Crippen LogP contribution in [0.15, 0.2) is 91.0 Å². The van der Waals surface area contributed by atoms with E-state index in [4.69, 9.17) is 26.6 Å². The van der Waals surface area contributed by atoms with Gasteiger partial charge in [-0.3, -0.25) is 0 Å². The highest BCUT2D eigenvalue weighted by atomic mass is 28.4. The Morgan fingerprint density at radius 2 is 0.628 bits per heavy atom. The third-order valence-electron chi connectivity index (χ3n) is 8.56. The van der Waals surface area contributed by atoms with Crippen LogP contribution in [0.1, 0.15) is 19.3 Å². The van der Waals surface area contributed by atoms with Crippen molar-refractivity contribution in [3.05, 3.63) is 91.0 Å². The van der Waals surface area contributed by atoms with Crippen LogP contribution >= 0.6 is 0 Å². The van der Waals surface area contributed by atoms with E-state index < -0.39 is 25.7 Å². The highest BCUT2D eigenvalue weighted by Gasteiger charge is 2.40. The number of hydrogen-bond donors (Lipinski definition) is 0. The van der Waals surface area contributed by atoms with E-state index in [2.05, 4.69) is 77.7 Å². The van der Waals surface area contributed by atoms with E-state index in [0.29, 0.717) is 0 Å². The smallest absolute Gasteiger partial charge is 0.372 e. The summed E-state index contributed by atoms with van der Waals surface area (Å²) in [7, 11) is 3.17. The number of benzene rings is 3. The molecule has 0 aliphatic heterocycles. The van der Waals surface area contributed by atoms with Crippen LogP contribution < -0.4 is 15.6 Å². The van der Waals surface area contributed by atoms with Crippen molar-refractivity contribution in [3.8, 4) is 0 Å². The molecule has 0 aromatic heterocycles. The van der Waals surface area contributed by atoms with Gasteiger partial charge in [-0.1, -0.05) is 91.0 Å². The summed E-state index contributed by atoms with van der Waals surface area (Å²) in [4.78, 5) is 2.57. The molecule has 0 unspecified atom stereocenters. The molecule has 0 amide bonds. The average molecular weight is 642 g/mol. The first-order valence-corrected chi connectivity index (χ1v) is 21.2. The Hall–Kier alpha value is -1.97. The standard InChI is InChI=1S/C33H51NO6Si3/c1-35-41(36-2,31-19-10-7-11-20-31)28-16-25-34(26-17-29-42(37-3,38-4)32-21-12-8-13-22-32)27-18-30-43(39-5,40-6)33-23-14-9-15-24-33/h7-15,19-24H,16-18,25-30H2,1-6H3. The molecule has 43 heavy (non-hydrogen) atoms. The third kappa shape index (κ3) is 9.27. The molecule has 0 N–H and O–H groups in total. The minimum Gasteiger partial charge on any atom is -0.394 e. The SMILES string of the molecule is CO[Si](CCCN(CCC[Si](OC)(OC)c1ccccc1)CCC[Si](OC)(OC)c1ccccc1)(OC)c1ccccc1. The number of nitrogens with zero attached hydrogens (tertiary/aromatic N) is 1. The Morgan fingerprint density at radius 3 is 0.837 bits per heavy atom. The van der Waals surface area contributed by atoms with Gasteiger partial charge in [-0.2, -0.15) is 0 Å². The topological polar surface area (TPSA) is 58.6 Å². The Kier molecular flexibility index (Phi) is 15.0. The molecular formula is C33H51NO6Si3. The molecule has 236 valence electrons. The monoisotopic (exact) mass is 641 g/mol. The molecule has 0 bridgehead atoms. The fourth-order valence-electron chi connectivity index (χ4n) is 6.02. The Bertz CT molecular complexity index is 1000. The lowest BCUT2D eigenvalue weighted by Gasteiger charge is -2.32. The minimum atomic E-state index is -2.51. The van der Waals surface area contributed by atoms with E-state index in [-0.39, 0.29) is 0 Å². The van der Waals surface area contributed by atoms with Gasteiger partial charge in [0.25, 0.3) is 0 Å². The van der Waals surface area contributed by atoms with Crippen molar-refractivity contribution in [2.45, 2.75) is 37.4 Å². The molecule has 0 heterocycles. The molecule has 0 saturated heterocycles. The Labute approximate surface area is 262 Å². The van der Waals surface area contributed by atoms with Gasteiger partial charge >= 0.3 is 25.7 Å². The summed E-state index contributed by atoms with van der Waals surface area (Å²) < 4.78 is 36.6. The summed E-state index contributed by atoms with van der Waals surface area (Å²) in [5.74, 6) is 0. The fraction of sp³-hybridized carbons (Fsp3) is 0.455. The van der Waals surface area contributed by atoms with Crippen LogP contribution in [0.5, 0.6) is 0 Å². The fourth-order valence-corrected chi connectivity index (χ4v) is 14.0. The summed E-state index contributed by atoms with van der Waals surface area (Å²) >= 11 is 0. The van der Waals surface area contributed by atoms with Gasteiger partial charge in [-0.15, -0.1) is 0 Å². The molecule has 3 rings (SSSR count). The molecule has 3 aromatic rings. The zero-order valence-electron chi connectivity index (χ0n) is 26.9. The van der Waals surface area contributed by atoms with E-state index in [1.54, 1.807) is 42.7 Å². The van der Waals surface area contributed by atoms with Gasteiger partial charge in [0.15, 0.2) is 0 Å². The number of rotatable bonds is 21. The van der Waals surface area contributed by atoms with Crippen molar-refractivity contribution in [1.29, 1.82) is 0 Å². The second-order valence-electron chi connectivity index (χ2n) is 10.7. The van der Waals surface area contributed by atoms with Crippen LogP contribution in [-0.4, -0.2) is 92.9 Å². The molecule has 0 fully saturated rings. The highest BCUT2D eigenvalue weighted by Crippen LogP contribution is 2.20. The van der Waals surface area contributed by atoms with E-state index in [1.165, 1.54) is 15.6 Å². The molecule has 0 atom stereocenters. The van der Waals surface area contributed by atoms with Crippen molar-refractivity contribution in [3.63, 3.8) is 0 Å². The van der Waals surface area contributed by atoms with Gasteiger partial charge in [-0.05, 0) is 72.6 Å². The van der Waals surface area contributed by atoms with E-state index in [1.807, 2.05) is 18.2 Å². The second kappa shape index (κ2) is 18.1. The second-order valence-corrected chi connectivity index (χ2v) is 20.9. The van der Waals surface area contributed by atoms with Crippen molar-refractivity contribution in [2.75, 3.05) is 62.3 Å². The lowest BCUT2D eigenvalue weighted by molar-refractivity contribution is 0.231. The quantitative estimate of drug-likeness (QED) is 0.160. The maximum Gasteiger partial charge on any atom is 0.372 e. The van der Waals surface area contributed by atoms with Gasteiger partial charge < -0.3 is 31.5 Å². The summed E-state index contributed by atoms with van der Waals surface area (Å²) in [6.07, 6.45) is 2.94. The first kappa shape index (κ1) is 35.5. The van der Waals surface area contributed by atoms with E-state index >= 15 is 0 Å². The van der Waals surface area contributed by atoms with Crippen LogP contribution in [0.25, 0.3) is 0 Å². The number of hydrogen-bond acceptors (Lipinski definition) is 7. The summed E-state index contributed by atoms with van der Waals surface area (Å²) in [5.41, 5.74) is 0. The maximum atomic E-state index is 6.11. The van der Waals surface area contributed by atoms with Crippen molar-refractivity contribution < 1.29 is 26.6 Å². The van der Waals surface area contributed by atoms with Crippen molar-refractivity contribution in [1.82, 2.24) is 4.90 Å². The summed E-state index contributed by atoms with van der Waals surface area (Å²) in [5, 5.41) is 3.51. The summed E-state index contributed by atoms with van der Waals surface area (Å²) in [6, 6.07) is 33.9. The zero-order valence-corrected chi connectivity index (χ0v) is 29.9. The van der Waals surface area contributed by atoms with Crippen LogP contribution in [0, 0.1) is 0 Å².